The summed E-state index contributed by atoms with van der Waals surface area (Å²) in [7, 11) is 0. The molecule has 0 atom stereocenters. The molecule has 16 heavy (non-hydrogen) atoms. The van der Waals surface area contributed by atoms with E-state index in [0.29, 0.717) is 5.65 Å². The van der Waals surface area contributed by atoms with Crippen molar-refractivity contribution >= 4 is 11.5 Å². The monoisotopic (exact) mass is 219 g/mol. The van der Waals surface area contributed by atoms with Gasteiger partial charge in [-0.3, -0.25) is 0 Å². The molecule has 0 amide bonds. The van der Waals surface area contributed by atoms with Gasteiger partial charge in [-0.05, 0) is 19.3 Å². The molecule has 0 aliphatic carbocycles. The van der Waals surface area contributed by atoms with E-state index in [0.717, 1.165) is 18.9 Å². The van der Waals surface area contributed by atoms with Crippen molar-refractivity contribution in [2.24, 2.45) is 0 Å². The molecule has 0 bridgehead atoms. The highest BCUT2D eigenvalue weighted by molar-refractivity contribution is 5.50. The minimum atomic E-state index is -0.243. The molecule has 0 unspecified atom stereocenters. The van der Waals surface area contributed by atoms with E-state index in [9.17, 15) is 4.79 Å². The molecular formula is C10H13N5O. The SMILES string of the molecule is O=c1[nH]nc2cc(N3CCCCC3)ncn12. The van der Waals surface area contributed by atoms with E-state index in [4.69, 9.17) is 0 Å². The van der Waals surface area contributed by atoms with Crippen molar-refractivity contribution in [1.29, 1.82) is 0 Å². The van der Waals surface area contributed by atoms with Crippen molar-refractivity contribution in [3.8, 4) is 0 Å². The number of hydrogen-bond donors (Lipinski definition) is 1. The number of aromatic amines is 1. The number of fused-ring (bicyclic) bond motifs is 1. The maximum absolute atomic E-state index is 11.3. The fourth-order valence-electron chi connectivity index (χ4n) is 2.10. The molecule has 1 aliphatic heterocycles. The summed E-state index contributed by atoms with van der Waals surface area (Å²) in [5.41, 5.74) is 0.383. The summed E-state index contributed by atoms with van der Waals surface area (Å²) in [6.45, 7) is 2.08. The van der Waals surface area contributed by atoms with E-state index in [2.05, 4.69) is 20.1 Å². The van der Waals surface area contributed by atoms with Crippen LogP contribution in [-0.4, -0.2) is 32.7 Å². The second-order valence-corrected chi connectivity index (χ2v) is 4.05. The number of piperidine rings is 1. The Morgan fingerprint density at radius 3 is 2.88 bits per heavy atom. The van der Waals surface area contributed by atoms with Gasteiger partial charge in [0.2, 0.25) is 0 Å². The van der Waals surface area contributed by atoms with Crippen LogP contribution in [-0.2, 0) is 0 Å². The number of aromatic nitrogens is 4. The van der Waals surface area contributed by atoms with Crippen LogP contribution in [0.5, 0.6) is 0 Å². The molecule has 0 radical (unpaired) electrons. The zero-order valence-electron chi connectivity index (χ0n) is 8.89. The number of nitrogens with zero attached hydrogens (tertiary/aromatic N) is 4. The van der Waals surface area contributed by atoms with Crippen molar-refractivity contribution in [3.63, 3.8) is 0 Å². The van der Waals surface area contributed by atoms with Crippen LogP contribution in [0.2, 0.25) is 0 Å². The Morgan fingerprint density at radius 2 is 2.06 bits per heavy atom. The lowest BCUT2D eigenvalue weighted by Gasteiger charge is -2.27. The minimum absolute atomic E-state index is 0.243. The Morgan fingerprint density at radius 1 is 1.25 bits per heavy atom. The van der Waals surface area contributed by atoms with Gasteiger partial charge in [0, 0.05) is 19.2 Å². The third-order valence-corrected chi connectivity index (χ3v) is 2.98. The van der Waals surface area contributed by atoms with E-state index in [1.165, 1.54) is 30.0 Å². The number of rotatable bonds is 1. The fourth-order valence-corrected chi connectivity index (χ4v) is 2.10. The Balaban J connectivity index is 2.01. The van der Waals surface area contributed by atoms with Gasteiger partial charge in [-0.25, -0.2) is 19.3 Å². The van der Waals surface area contributed by atoms with Crippen molar-refractivity contribution < 1.29 is 0 Å². The average molecular weight is 219 g/mol. The molecule has 84 valence electrons. The van der Waals surface area contributed by atoms with Crippen LogP contribution in [0.25, 0.3) is 5.65 Å². The number of nitrogens with one attached hydrogen (secondary N) is 1. The van der Waals surface area contributed by atoms with E-state index < -0.39 is 0 Å². The normalized spacial score (nSPS) is 16.9. The van der Waals surface area contributed by atoms with E-state index in [1.54, 1.807) is 0 Å². The van der Waals surface area contributed by atoms with Crippen molar-refractivity contribution in [1.82, 2.24) is 19.6 Å². The predicted molar refractivity (Wildman–Crippen MR) is 59.7 cm³/mol. The quantitative estimate of drug-likeness (QED) is 0.754. The predicted octanol–water partition coefficient (Wildman–Crippen LogP) is 0.408. The largest absolute Gasteiger partial charge is 0.356 e. The molecule has 1 fully saturated rings. The first-order valence-corrected chi connectivity index (χ1v) is 5.52. The lowest BCUT2D eigenvalue weighted by Crippen LogP contribution is -2.30. The molecule has 3 heterocycles. The topological polar surface area (TPSA) is 66.3 Å². The molecule has 0 spiro atoms. The second-order valence-electron chi connectivity index (χ2n) is 4.05. The molecule has 0 saturated carbocycles. The molecule has 2 aromatic rings. The first-order valence-electron chi connectivity index (χ1n) is 5.52. The van der Waals surface area contributed by atoms with Crippen molar-refractivity contribution in [2.45, 2.75) is 19.3 Å². The standard InChI is InChI=1S/C10H13N5O/c16-10-13-12-9-6-8(11-7-15(9)10)14-4-2-1-3-5-14/h6-7H,1-5H2,(H,13,16). The first-order chi connectivity index (χ1) is 7.84. The van der Waals surface area contributed by atoms with Gasteiger partial charge in [-0.1, -0.05) is 0 Å². The second kappa shape index (κ2) is 3.62. The molecule has 1 N–H and O–H groups in total. The van der Waals surface area contributed by atoms with Crippen LogP contribution >= 0.6 is 0 Å². The lowest BCUT2D eigenvalue weighted by molar-refractivity contribution is 0.573. The first kappa shape index (κ1) is 9.38. The molecule has 2 aromatic heterocycles. The highest BCUT2D eigenvalue weighted by Gasteiger charge is 2.13. The summed E-state index contributed by atoms with van der Waals surface area (Å²) in [6.07, 6.45) is 5.24. The van der Waals surface area contributed by atoms with Gasteiger partial charge < -0.3 is 4.90 Å². The van der Waals surface area contributed by atoms with Gasteiger partial charge in [-0.2, -0.15) is 5.10 Å². The molecule has 3 rings (SSSR count). The Labute approximate surface area is 91.9 Å². The summed E-state index contributed by atoms with van der Waals surface area (Å²) in [5.74, 6) is 0.909. The Bertz CT molecular complexity index is 552. The summed E-state index contributed by atoms with van der Waals surface area (Å²) in [4.78, 5) is 17.8. The van der Waals surface area contributed by atoms with Gasteiger partial charge in [0.15, 0.2) is 5.65 Å². The summed E-state index contributed by atoms with van der Waals surface area (Å²) < 4.78 is 1.41. The van der Waals surface area contributed by atoms with Gasteiger partial charge in [-0.15, -0.1) is 0 Å². The molecule has 1 aliphatic rings. The van der Waals surface area contributed by atoms with E-state index in [1.807, 2.05) is 6.07 Å². The highest BCUT2D eigenvalue weighted by Crippen LogP contribution is 2.17. The Hall–Kier alpha value is -1.85. The van der Waals surface area contributed by atoms with Crippen LogP contribution in [0.15, 0.2) is 17.2 Å². The molecule has 6 heteroatoms. The van der Waals surface area contributed by atoms with Crippen LogP contribution in [0.3, 0.4) is 0 Å². The lowest BCUT2D eigenvalue weighted by atomic mass is 10.1. The maximum Gasteiger partial charge on any atom is 0.348 e. The van der Waals surface area contributed by atoms with Gasteiger partial charge in [0.1, 0.15) is 12.1 Å². The van der Waals surface area contributed by atoms with E-state index >= 15 is 0 Å². The third-order valence-electron chi connectivity index (χ3n) is 2.98. The number of hydrogen-bond acceptors (Lipinski definition) is 4. The van der Waals surface area contributed by atoms with Crippen molar-refractivity contribution in [3.05, 3.63) is 22.9 Å². The minimum Gasteiger partial charge on any atom is -0.356 e. The number of anilines is 1. The fraction of sp³-hybridized carbons (Fsp3) is 0.500. The van der Waals surface area contributed by atoms with Gasteiger partial charge in [0.05, 0.1) is 0 Å². The molecule has 1 saturated heterocycles. The third kappa shape index (κ3) is 1.46. The zero-order chi connectivity index (χ0) is 11.0. The van der Waals surface area contributed by atoms with Crippen molar-refractivity contribution in [2.75, 3.05) is 18.0 Å². The van der Waals surface area contributed by atoms with E-state index in [-0.39, 0.29) is 5.69 Å². The average Bonchev–Trinajstić information content (AvgIpc) is 2.72. The maximum atomic E-state index is 11.3. The Kier molecular flexibility index (Phi) is 2.12. The summed E-state index contributed by atoms with van der Waals surface area (Å²) in [6, 6.07) is 1.85. The summed E-state index contributed by atoms with van der Waals surface area (Å²) >= 11 is 0. The summed E-state index contributed by atoms with van der Waals surface area (Å²) in [5, 5.41) is 6.34. The van der Waals surface area contributed by atoms with Crippen LogP contribution in [0.4, 0.5) is 5.82 Å². The number of H-pyrrole nitrogens is 1. The smallest absolute Gasteiger partial charge is 0.348 e. The van der Waals surface area contributed by atoms with Gasteiger partial charge >= 0.3 is 5.69 Å². The molecular weight excluding hydrogens is 206 g/mol. The highest BCUT2D eigenvalue weighted by atomic mass is 16.1. The van der Waals surface area contributed by atoms with Crippen LogP contribution in [0, 0.1) is 0 Å². The van der Waals surface area contributed by atoms with Gasteiger partial charge in [0.25, 0.3) is 0 Å². The van der Waals surface area contributed by atoms with Crippen LogP contribution in [0.1, 0.15) is 19.3 Å². The molecule has 0 aromatic carbocycles. The van der Waals surface area contributed by atoms with Crippen LogP contribution < -0.4 is 10.6 Å². The zero-order valence-corrected chi connectivity index (χ0v) is 8.89. The molecule has 6 nitrogen and oxygen atoms in total.